The third-order valence-corrected chi connectivity index (χ3v) is 6.25. The van der Waals surface area contributed by atoms with Gasteiger partial charge in [0.15, 0.2) is 0 Å². The maximum Gasteiger partial charge on any atom is 0.123 e. The lowest BCUT2D eigenvalue weighted by Crippen LogP contribution is -2.36. The van der Waals surface area contributed by atoms with Gasteiger partial charge in [-0.05, 0) is 84.8 Å². The van der Waals surface area contributed by atoms with Crippen LogP contribution in [0.25, 0.3) is 22.2 Å². The summed E-state index contributed by atoms with van der Waals surface area (Å²) in [5.41, 5.74) is 12.5. The lowest BCUT2D eigenvalue weighted by atomic mass is 9.79. The molecule has 0 fully saturated rings. The Kier molecular flexibility index (Phi) is 5.03. The van der Waals surface area contributed by atoms with Crippen molar-refractivity contribution in [1.82, 2.24) is 9.97 Å². The molecular weight excluding hydrogens is 401 g/mol. The number of aromatic nitrogens is 2. The van der Waals surface area contributed by atoms with Crippen molar-refractivity contribution in [3.05, 3.63) is 95.6 Å². The van der Waals surface area contributed by atoms with Gasteiger partial charge in [-0.2, -0.15) is 0 Å². The van der Waals surface area contributed by atoms with E-state index >= 15 is 0 Å². The number of fused-ring (bicyclic) bond motifs is 2. The molecule has 162 valence electrons. The summed E-state index contributed by atoms with van der Waals surface area (Å²) in [6.45, 7) is 4.54. The average Bonchev–Trinajstić information content (AvgIpc) is 3.16. The zero-order chi connectivity index (χ0) is 22.3. The lowest BCUT2D eigenvalue weighted by molar-refractivity contribution is -0.0161. The summed E-state index contributed by atoms with van der Waals surface area (Å²) < 4.78 is 20.1. The van der Waals surface area contributed by atoms with Crippen molar-refractivity contribution in [2.75, 3.05) is 0 Å². The Morgan fingerprint density at radius 3 is 2.38 bits per heavy atom. The second-order valence-corrected chi connectivity index (χ2v) is 9.24. The summed E-state index contributed by atoms with van der Waals surface area (Å²) in [5, 5.41) is 0. The molecule has 0 bridgehead atoms. The lowest BCUT2D eigenvalue weighted by Gasteiger charge is -2.33. The molecule has 1 aromatic heterocycles. The fourth-order valence-corrected chi connectivity index (χ4v) is 4.52. The fraction of sp³-hybridized carbons (Fsp3) is 0.259. The zero-order valence-electron chi connectivity index (χ0n) is 18.3. The predicted molar refractivity (Wildman–Crippen MR) is 124 cm³/mol. The molecule has 32 heavy (non-hydrogen) atoms. The second kappa shape index (κ2) is 7.76. The van der Waals surface area contributed by atoms with Crippen LogP contribution in [-0.2, 0) is 16.9 Å². The SMILES string of the molecule is CC(C)(N)CCC1(c2ccc(F)cc2)OCc2cc(-c3ccc4nccnc4c3)ccc21. The highest BCUT2D eigenvalue weighted by molar-refractivity contribution is 5.81. The molecule has 0 saturated heterocycles. The van der Waals surface area contributed by atoms with Crippen LogP contribution in [-0.4, -0.2) is 15.5 Å². The van der Waals surface area contributed by atoms with Gasteiger partial charge < -0.3 is 10.5 Å². The number of halogens is 1. The minimum Gasteiger partial charge on any atom is -0.361 e. The van der Waals surface area contributed by atoms with E-state index in [1.54, 1.807) is 12.4 Å². The van der Waals surface area contributed by atoms with Crippen LogP contribution in [0.5, 0.6) is 0 Å². The van der Waals surface area contributed by atoms with Gasteiger partial charge in [-0.25, -0.2) is 4.39 Å². The molecule has 0 spiro atoms. The van der Waals surface area contributed by atoms with Crippen LogP contribution in [0.4, 0.5) is 4.39 Å². The van der Waals surface area contributed by atoms with Crippen molar-refractivity contribution in [2.24, 2.45) is 5.73 Å². The van der Waals surface area contributed by atoms with E-state index in [1.807, 2.05) is 32.0 Å². The molecule has 0 amide bonds. The molecule has 1 atom stereocenters. The number of nitrogens with zero attached hydrogens (tertiary/aromatic N) is 2. The maximum atomic E-state index is 13.7. The van der Waals surface area contributed by atoms with Gasteiger partial charge >= 0.3 is 0 Å². The quantitative estimate of drug-likeness (QED) is 0.442. The molecule has 4 nitrogen and oxygen atoms in total. The van der Waals surface area contributed by atoms with Crippen LogP contribution in [0.1, 0.15) is 43.4 Å². The Morgan fingerprint density at radius 2 is 1.62 bits per heavy atom. The number of hydrogen-bond acceptors (Lipinski definition) is 4. The van der Waals surface area contributed by atoms with Crippen LogP contribution < -0.4 is 5.73 Å². The highest BCUT2D eigenvalue weighted by Gasteiger charge is 2.42. The van der Waals surface area contributed by atoms with Gasteiger partial charge in [0.2, 0.25) is 0 Å². The first-order chi connectivity index (χ1) is 15.3. The van der Waals surface area contributed by atoms with E-state index in [4.69, 9.17) is 10.5 Å². The van der Waals surface area contributed by atoms with E-state index in [0.29, 0.717) is 6.61 Å². The predicted octanol–water partition coefficient (Wildman–Crippen LogP) is 5.73. The van der Waals surface area contributed by atoms with Crippen LogP contribution >= 0.6 is 0 Å². The highest BCUT2D eigenvalue weighted by atomic mass is 19.1. The van der Waals surface area contributed by atoms with Crippen molar-refractivity contribution in [3.8, 4) is 11.1 Å². The van der Waals surface area contributed by atoms with Gasteiger partial charge in [0.1, 0.15) is 11.4 Å². The third-order valence-electron chi connectivity index (χ3n) is 6.25. The van der Waals surface area contributed by atoms with Crippen LogP contribution in [0.3, 0.4) is 0 Å². The molecule has 5 heteroatoms. The fourth-order valence-electron chi connectivity index (χ4n) is 4.52. The molecule has 0 aliphatic carbocycles. The Bertz CT molecular complexity index is 1280. The minimum atomic E-state index is -0.632. The van der Waals surface area contributed by atoms with Crippen LogP contribution in [0, 0.1) is 5.82 Å². The highest BCUT2D eigenvalue weighted by Crippen LogP contribution is 2.47. The van der Waals surface area contributed by atoms with Crippen LogP contribution in [0.15, 0.2) is 73.1 Å². The number of nitrogens with two attached hydrogens (primary N) is 1. The van der Waals surface area contributed by atoms with Gasteiger partial charge in [0, 0.05) is 17.9 Å². The Balaban J connectivity index is 1.57. The first-order valence-electron chi connectivity index (χ1n) is 10.9. The van der Waals surface area contributed by atoms with E-state index in [0.717, 1.165) is 51.7 Å². The zero-order valence-corrected chi connectivity index (χ0v) is 18.3. The molecule has 1 unspecified atom stereocenters. The normalized spacial score (nSPS) is 18.1. The van der Waals surface area contributed by atoms with Gasteiger partial charge in [-0.15, -0.1) is 0 Å². The summed E-state index contributed by atoms with van der Waals surface area (Å²) in [7, 11) is 0. The van der Waals surface area contributed by atoms with Crippen molar-refractivity contribution < 1.29 is 9.13 Å². The number of benzene rings is 3. The molecule has 1 aliphatic rings. The van der Waals surface area contributed by atoms with Crippen LogP contribution in [0.2, 0.25) is 0 Å². The van der Waals surface area contributed by atoms with E-state index in [2.05, 4.69) is 40.3 Å². The Hall–Kier alpha value is -3.15. The second-order valence-electron chi connectivity index (χ2n) is 9.24. The summed E-state index contributed by atoms with van der Waals surface area (Å²) >= 11 is 0. The van der Waals surface area contributed by atoms with Gasteiger partial charge in [-0.3, -0.25) is 9.97 Å². The summed E-state index contributed by atoms with van der Waals surface area (Å²) in [4.78, 5) is 8.78. The molecule has 1 aliphatic heterocycles. The molecule has 5 rings (SSSR count). The number of hydrogen-bond donors (Lipinski definition) is 1. The van der Waals surface area contributed by atoms with E-state index in [9.17, 15) is 4.39 Å². The van der Waals surface area contributed by atoms with Crippen molar-refractivity contribution >= 4 is 11.0 Å². The largest absolute Gasteiger partial charge is 0.361 e. The van der Waals surface area contributed by atoms with E-state index < -0.39 is 5.60 Å². The third kappa shape index (κ3) is 3.78. The minimum absolute atomic E-state index is 0.254. The topological polar surface area (TPSA) is 61.0 Å². The van der Waals surface area contributed by atoms with Gasteiger partial charge in [0.05, 0.1) is 17.6 Å². The monoisotopic (exact) mass is 427 g/mol. The van der Waals surface area contributed by atoms with Crippen molar-refractivity contribution in [3.63, 3.8) is 0 Å². The smallest absolute Gasteiger partial charge is 0.123 e. The molecular formula is C27H26FN3O. The average molecular weight is 428 g/mol. The standard InChI is InChI=1S/C27H26FN3O/c1-26(2,29)11-12-27(21-5-7-22(28)8-6-21)23-9-3-18(15-20(23)17-32-27)19-4-10-24-25(16-19)31-14-13-30-24/h3-10,13-16H,11-12,17,29H2,1-2H3. The first-order valence-corrected chi connectivity index (χ1v) is 10.9. The molecule has 0 saturated carbocycles. The van der Waals surface area contributed by atoms with E-state index in [-0.39, 0.29) is 11.4 Å². The molecule has 4 aromatic rings. The molecule has 3 aromatic carbocycles. The summed E-state index contributed by atoms with van der Waals surface area (Å²) in [5.74, 6) is -0.254. The first kappa shape index (κ1) is 20.7. The number of ether oxygens (including phenoxy) is 1. The molecule has 2 heterocycles. The molecule has 2 N–H and O–H groups in total. The van der Waals surface area contributed by atoms with Gasteiger partial charge in [-0.1, -0.05) is 30.3 Å². The summed E-state index contributed by atoms with van der Waals surface area (Å²) in [6.07, 6.45) is 4.90. The van der Waals surface area contributed by atoms with E-state index in [1.165, 1.54) is 12.1 Å². The maximum absolute atomic E-state index is 13.7. The van der Waals surface area contributed by atoms with Gasteiger partial charge in [0.25, 0.3) is 0 Å². The summed E-state index contributed by atoms with van der Waals surface area (Å²) in [6, 6.07) is 19.2. The number of rotatable bonds is 5. The molecule has 0 radical (unpaired) electrons. The van der Waals surface area contributed by atoms with Crippen molar-refractivity contribution in [1.29, 1.82) is 0 Å². The Labute approximate surface area is 187 Å². The van der Waals surface area contributed by atoms with Crippen molar-refractivity contribution in [2.45, 2.75) is 44.4 Å². The Morgan fingerprint density at radius 1 is 0.938 bits per heavy atom.